The number of aliphatic hydroxyl groups excluding tert-OH is 1. The van der Waals surface area contributed by atoms with Gasteiger partial charge in [0, 0.05) is 23.7 Å². The largest absolute Gasteiger partial charge is 0.390 e. The Morgan fingerprint density at radius 3 is 2.50 bits per heavy atom. The van der Waals surface area contributed by atoms with Crippen molar-refractivity contribution >= 4 is 15.7 Å². The number of nitrogens with one attached hydrogen (secondary N) is 2. The van der Waals surface area contributed by atoms with Crippen LogP contribution in [0.1, 0.15) is 49.3 Å². The lowest BCUT2D eigenvalue weighted by atomic mass is 9.98. The number of benzene rings is 2. The van der Waals surface area contributed by atoms with E-state index >= 15 is 0 Å². The summed E-state index contributed by atoms with van der Waals surface area (Å²) >= 11 is 0. The van der Waals surface area contributed by atoms with Crippen LogP contribution in [0.5, 0.6) is 0 Å². The van der Waals surface area contributed by atoms with Gasteiger partial charge in [-0.3, -0.25) is 4.79 Å². The highest BCUT2D eigenvalue weighted by Crippen LogP contribution is 2.45. The molecule has 1 fully saturated rings. The van der Waals surface area contributed by atoms with E-state index in [-0.39, 0.29) is 29.8 Å². The highest BCUT2D eigenvalue weighted by atomic mass is 32.2. The van der Waals surface area contributed by atoms with Crippen LogP contribution in [0.15, 0.2) is 42.5 Å². The smallest absolute Gasteiger partial charge is 0.238 e. The maximum atomic E-state index is 13.8. The molecule has 2 aromatic rings. The second-order valence-electron chi connectivity index (χ2n) is 9.93. The summed E-state index contributed by atoms with van der Waals surface area (Å²) in [5, 5.41) is 17.0. The molecule has 7 nitrogen and oxygen atoms in total. The second kappa shape index (κ2) is 12.8. The summed E-state index contributed by atoms with van der Waals surface area (Å²) in [6.45, 7) is 1.90. The van der Waals surface area contributed by atoms with Gasteiger partial charge in [-0.05, 0) is 61.1 Å². The zero-order valence-electron chi connectivity index (χ0n) is 21.4. The van der Waals surface area contributed by atoms with Crippen LogP contribution in [0.4, 0.5) is 8.78 Å². The maximum absolute atomic E-state index is 13.8. The number of halogens is 2. The molecule has 0 radical (unpaired) electrons. The summed E-state index contributed by atoms with van der Waals surface area (Å²) in [7, 11) is -3.55. The Hall–Kier alpha value is -2.84. The number of aliphatic hydroxyl groups is 1. The minimum atomic E-state index is -3.55. The number of nitrogens with two attached hydrogens (primary N) is 1. The fourth-order valence-electron chi connectivity index (χ4n) is 4.39. The molecule has 0 aromatic heterocycles. The first kappa shape index (κ1) is 29.7. The van der Waals surface area contributed by atoms with Gasteiger partial charge in [0.2, 0.25) is 5.91 Å². The molecule has 0 saturated heterocycles. The maximum Gasteiger partial charge on any atom is 0.238 e. The van der Waals surface area contributed by atoms with Crippen molar-refractivity contribution in [3.05, 3.63) is 70.8 Å². The normalized spacial score (nSPS) is 16.7. The van der Waals surface area contributed by atoms with E-state index in [0.29, 0.717) is 12.8 Å². The third-order valence-electron chi connectivity index (χ3n) is 6.73. The number of sulfone groups is 1. The lowest BCUT2D eigenvalue weighted by molar-refractivity contribution is -0.123. The van der Waals surface area contributed by atoms with E-state index in [0.717, 1.165) is 42.2 Å². The van der Waals surface area contributed by atoms with E-state index in [4.69, 9.17) is 12.2 Å². The molecule has 1 amide bonds. The van der Waals surface area contributed by atoms with Gasteiger partial charge in [0.1, 0.15) is 11.6 Å². The van der Waals surface area contributed by atoms with Crippen LogP contribution in [0.3, 0.4) is 0 Å². The van der Waals surface area contributed by atoms with Crippen LogP contribution in [0, 0.1) is 24.0 Å². The van der Waals surface area contributed by atoms with E-state index in [1.54, 1.807) is 0 Å². The third-order valence-corrected chi connectivity index (χ3v) is 8.51. The average molecular weight is 548 g/mol. The van der Waals surface area contributed by atoms with Gasteiger partial charge < -0.3 is 21.5 Å². The molecule has 3 unspecified atom stereocenters. The predicted molar refractivity (Wildman–Crippen MR) is 143 cm³/mol. The van der Waals surface area contributed by atoms with E-state index in [2.05, 4.69) is 16.6 Å². The van der Waals surface area contributed by atoms with Crippen molar-refractivity contribution in [3.63, 3.8) is 0 Å². The van der Waals surface area contributed by atoms with Crippen LogP contribution in [0.2, 0.25) is 0 Å². The molecule has 206 valence electrons. The molecule has 38 heavy (non-hydrogen) atoms. The van der Waals surface area contributed by atoms with Gasteiger partial charge in [-0.2, -0.15) is 0 Å². The Morgan fingerprint density at radius 2 is 1.89 bits per heavy atom. The fourth-order valence-corrected chi connectivity index (χ4v) is 5.99. The summed E-state index contributed by atoms with van der Waals surface area (Å²) in [5.74, 6) is -0.360. The molecule has 3 rings (SSSR count). The van der Waals surface area contributed by atoms with Gasteiger partial charge in [0.05, 0.1) is 29.7 Å². The predicted octanol–water partition coefficient (Wildman–Crippen LogP) is 2.16. The zero-order chi connectivity index (χ0) is 27.9. The lowest BCUT2D eigenvalue weighted by Crippen LogP contribution is -2.55. The lowest BCUT2D eigenvalue weighted by Gasteiger charge is -2.28. The molecule has 0 spiro atoms. The van der Waals surface area contributed by atoms with Crippen LogP contribution in [-0.4, -0.2) is 55.7 Å². The number of amides is 1. The first-order valence-corrected chi connectivity index (χ1v) is 14.5. The number of terminal acetylenes is 1. The van der Waals surface area contributed by atoms with Crippen molar-refractivity contribution in [2.75, 3.05) is 18.1 Å². The molecule has 1 saturated carbocycles. The minimum Gasteiger partial charge on any atom is -0.390 e. The first-order valence-electron chi connectivity index (χ1n) is 12.7. The zero-order valence-corrected chi connectivity index (χ0v) is 22.2. The van der Waals surface area contributed by atoms with Gasteiger partial charge >= 0.3 is 0 Å². The molecular formula is C28H35F2N3O4S. The summed E-state index contributed by atoms with van der Waals surface area (Å²) in [5.41, 5.74) is 7.45. The molecule has 1 aliphatic carbocycles. The number of carbonyl (C=O) groups is 1. The van der Waals surface area contributed by atoms with E-state index in [1.807, 2.05) is 31.2 Å². The average Bonchev–Trinajstić information content (AvgIpc) is 3.66. The molecule has 0 heterocycles. The number of rotatable bonds is 14. The third kappa shape index (κ3) is 8.33. The van der Waals surface area contributed by atoms with Gasteiger partial charge in [0.15, 0.2) is 9.84 Å². The molecule has 5 N–H and O–H groups in total. The van der Waals surface area contributed by atoms with Crippen molar-refractivity contribution in [2.24, 2.45) is 5.73 Å². The Kier molecular flexibility index (Phi) is 10.0. The number of carbonyl (C=O) groups excluding carboxylic acids is 1. The van der Waals surface area contributed by atoms with E-state index in [9.17, 15) is 27.1 Å². The fraction of sp³-hybridized carbons (Fsp3) is 0.464. The summed E-state index contributed by atoms with van der Waals surface area (Å²) in [6, 6.07) is 8.14. The van der Waals surface area contributed by atoms with Crippen molar-refractivity contribution in [2.45, 2.75) is 62.8 Å². The Balaban J connectivity index is 1.73. The van der Waals surface area contributed by atoms with Crippen LogP contribution < -0.4 is 16.4 Å². The van der Waals surface area contributed by atoms with Crippen molar-refractivity contribution in [3.8, 4) is 12.3 Å². The van der Waals surface area contributed by atoms with E-state index < -0.39 is 51.3 Å². The van der Waals surface area contributed by atoms with Gasteiger partial charge in [-0.15, -0.1) is 6.42 Å². The molecule has 10 heteroatoms. The molecular weight excluding hydrogens is 512 g/mol. The summed E-state index contributed by atoms with van der Waals surface area (Å²) < 4.78 is 52.2. The van der Waals surface area contributed by atoms with Crippen molar-refractivity contribution < 1.29 is 27.1 Å². The van der Waals surface area contributed by atoms with Gasteiger partial charge in [0.25, 0.3) is 0 Å². The molecule has 0 bridgehead atoms. The Morgan fingerprint density at radius 1 is 1.21 bits per heavy atom. The van der Waals surface area contributed by atoms with Crippen LogP contribution >= 0.6 is 0 Å². The van der Waals surface area contributed by atoms with Crippen molar-refractivity contribution in [1.82, 2.24) is 10.6 Å². The molecule has 0 aliphatic heterocycles. The Bertz CT molecular complexity index is 1250. The highest BCUT2D eigenvalue weighted by molar-refractivity contribution is 7.91. The summed E-state index contributed by atoms with van der Waals surface area (Å²) in [6.07, 6.45) is 7.02. The topological polar surface area (TPSA) is 122 Å². The number of unbranched alkanes of at least 4 members (excludes halogenated alkanes) is 1. The standard InChI is InChI=1S/C28H35F2N3O4S/c1-3-5-11-38(36,37)18-24(31)27(35)33-25(15-20-13-22(29)16-23(30)14-20)26(34)17-32-28(9-10-28)21-8-6-7-19(4-2)12-21/h2,6-8,12-14,16,24-26,32,34H,3,5,9-11,15,17-18,31H2,1H3,(H,33,35). The first-order chi connectivity index (χ1) is 18.0. The SMILES string of the molecule is C#Cc1cccc(C2(NCC(O)C(Cc3cc(F)cc(F)c3)NC(=O)C(N)CS(=O)(=O)CCCC)CC2)c1. The summed E-state index contributed by atoms with van der Waals surface area (Å²) in [4.78, 5) is 12.8. The Labute approximate surface area is 223 Å². The number of hydrogen-bond acceptors (Lipinski definition) is 6. The highest BCUT2D eigenvalue weighted by Gasteiger charge is 2.44. The van der Waals surface area contributed by atoms with Crippen LogP contribution in [0.25, 0.3) is 0 Å². The van der Waals surface area contributed by atoms with Gasteiger partial charge in [-0.1, -0.05) is 31.4 Å². The quantitative estimate of drug-likeness (QED) is 0.269. The van der Waals surface area contributed by atoms with E-state index in [1.165, 1.54) is 0 Å². The monoisotopic (exact) mass is 547 g/mol. The molecule has 3 atom stereocenters. The van der Waals surface area contributed by atoms with Gasteiger partial charge in [-0.25, -0.2) is 17.2 Å². The second-order valence-corrected chi connectivity index (χ2v) is 12.2. The molecule has 1 aliphatic rings. The molecule has 2 aromatic carbocycles. The van der Waals surface area contributed by atoms with Crippen molar-refractivity contribution in [1.29, 1.82) is 0 Å². The number of hydrogen-bond donors (Lipinski definition) is 4. The minimum absolute atomic E-state index is 0.0487. The van der Waals surface area contributed by atoms with Crippen LogP contribution in [-0.2, 0) is 26.6 Å².